The maximum Gasteiger partial charge on any atom is 0.292 e. The van der Waals surface area contributed by atoms with E-state index in [1.54, 1.807) is 33.3 Å². The van der Waals surface area contributed by atoms with E-state index in [0.29, 0.717) is 29.4 Å². The van der Waals surface area contributed by atoms with E-state index in [9.17, 15) is 4.79 Å². The van der Waals surface area contributed by atoms with E-state index in [1.807, 2.05) is 6.07 Å². The highest BCUT2D eigenvalue weighted by molar-refractivity contribution is 6.01. The molecule has 3 heterocycles. The lowest BCUT2D eigenvalue weighted by atomic mass is 10.1. The van der Waals surface area contributed by atoms with Crippen molar-refractivity contribution in [3.8, 4) is 17.3 Å². The Morgan fingerprint density at radius 1 is 1.21 bits per heavy atom. The summed E-state index contributed by atoms with van der Waals surface area (Å²) < 4.78 is 16.5. The van der Waals surface area contributed by atoms with Gasteiger partial charge in [0.2, 0.25) is 11.6 Å². The van der Waals surface area contributed by atoms with Crippen LogP contribution in [-0.2, 0) is 6.54 Å². The van der Waals surface area contributed by atoms with Crippen molar-refractivity contribution < 1.29 is 18.9 Å². The molecule has 0 bridgehead atoms. The van der Waals surface area contributed by atoms with E-state index in [4.69, 9.17) is 15.2 Å². The van der Waals surface area contributed by atoms with Gasteiger partial charge in [-0.2, -0.15) is 9.78 Å². The molecular weight excluding hydrogens is 430 g/mol. The van der Waals surface area contributed by atoms with Crippen LogP contribution in [0.1, 0.15) is 41.5 Å². The summed E-state index contributed by atoms with van der Waals surface area (Å²) in [5.74, 6) is 0.711. The lowest BCUT2D eigenvalue weighted by Gasteiger charge is -2.13. The number of likely N-dealkylation sites (tertiary alicyclic amines) is 1. The molecule has 1 amide bonds. The van der Waals surface area contributed by atoms with Gasteiger partial charge in [0.25, 0.3) is 5.91 Å². The van der Waals surface area contributed by atoms with E-state index >= 15 is 0 Å². The molecule has 0 aliphatic carbocycles. The molecule has 0 atom stereocenters. The Morgan fingerprint density at radius 2 is 1.97 bits per heavy atom. The predicted molar refractivity (Wildman–Crippen MR) is 117 cm³/mol. The molecule has 13 heteroatoms. The zero-order chi connectivity index (χ0) is 23.4. The van der Waals surface area contributed by atoms with Crippen LogP contribution in [0.3, 0.4) is 0 Å². The predicted octanol–water partition coefficient (Wildman–Crippen LogP) is 1.000. The second-order valence-corrected chi connectivity index (χ2v) is 7.46. The van der Waals surface area contributed by atoms with Crippen LogP contribution >= 0.6 is 0 Å². The number of benzene rings is 1. The lowest BCUT2D eigenvalue weighted by molar-refractivity contribution is 0.0945. The third-order valence-corrected chi connectivity index (χ3v) is 5.35. The second-order valence-electron chi connectivity index (χ2n) is 7.46. The van der Waals surface area contributed by atoms with Gasteiger partial charge in [0, 0.05) is 12.1 Å². The number of nitrogen functional groups attached to an aromatic ring is 1. The zero-order valence-electron chi connectivity index (χ0n) is 18.6. The van der Waals surface area contributed by atoms with Gasteiger partial charge < -0.3 is 15.2 Å². The van der Waals surface area contributed by atoms with Gasteiger partial charge in [-0.1, -0.05) is 5.21 Å². The number of nitrogens with zero attached hydrogens (tertiary/aromatic N) is 7. The van der Waals surface area contributed by atoms with Crippen LogP contribution in [0.25, 0.3) is 5.82 Å². The van der Waals surface area contributed by atoms with Crippen molar-refractivity contribution in [3.05, 3.63) is 35.2 Å². The first-order valence-corrected chi connectivity index (χ1v) is 10.3. The van der Waals surface area contributed by atoms with Crippen LogP contribution < -0.4 is 20.6 Å². The molecule has 1 aliphatic heterocycles. The summed E-state index contributed by atoms with van der Waals surface area (Å²) in [6, 6.07) is 5.36. The SMILES string of the molecule is COc1ccc(/C(C)=N/NC(=O)c2c(CN3CCCC3)nnn2-c2nonc2N)cc1OC. The molecule has 1 aromatic carbocycles. The summed E-state index contributed by atoms with van der Waals surface area (Å²) in [5, 5.41) is 19.8. The van der Waals surface area contributed by atoms with E-state index in [0.717, 1.165) is 31.5 Å². The molecule has 3 aromatic rings. The fraction of sp³-hybridized carbons (Fsp3) is 0.400. The fourth-order valence-corrected chi connectivity index (χ4v) is 3.60. The third-order valence-electron chi connectivity index (χ3n) is 5.35. The van der Waals surface area contributed by atoms with Gasteiger partial charge in [0.15, 0.2) is 17.2 Å². The Morgan fingerprint density at radius 3 is 2.64 bits per heavy atom. The molecule has 33 heavy (non-hydrogen) atoms. The quantitative estimate of drug-likeness (QED) is 0.370. The summed E-state index contributed by atoms with van der Waals surface area (Å²) in [5.41, 5.74) is 10.3. The molecule has 0 unspecified atom stereocenters. The Labute approximate surface area is 189 Å². The molecule has 2 aromatic heterocycles. The van der Waals surface area contributed by atoms with Crippen LogP contribution in [0.4, 0.5) is 5.82 Å². The molecule has 1 aliphatic rings. The highest BCUT2D eigenvalue weighted by atomic mass is 16.6. The highest BCUT2D eigenvalue weighted by Crippen LogP contribution is 2.27. The first kappa shape index (κ1) is 22.2. The number of aromatic nitrogens is 5. The maximum absolute atomic E-state index is 13.2. The first-order valence-electron chi connectivity index (χ1n) is 10.3. The van der Waals surface area contributed by atoms with Crippen LogP contribution in [0.15, 0.2) is 27.9 Å². The molecule has 1 saturated heterocycles. The summed E-state index contributed by atoms with van der Waals surface area (Å²) in [6.45, 7) is 4.09. The fourth-order valence-electron chi connectivity index (χ4n) is 3.60. The molecule has 0 saturated carbocycles. The van der Waals surface area contributed by atoms with Gasteiger partial charge in [-0.15, -0.1) is 5.10 Å². The summed E-state index contributed by atoms with van der Waals surface area (Å²) in [6.07, 6.45) is 2.20. The molecular formula is C20H25N9O4. The number of hydrazone groups is 1. The second kappa shape index (κ2) is 9.65. The number of anilines is 1. The number of carbonyl (C=O) groups excluding carboxylic acids is 1. The number of nitrogens with one attached hydrogen (secondary N) is 1. The van der Waals surface area contributed by atoms with E-state index in [-0.39, 0.29) is 17.3 Å². The first-order chi connectivity index (χ1) is 16.0. The minimum Gasteiger partial charge on any atom is -0.493 e. The average molecular weight is 455 g/mol. The van der Waals surface area contributed by atoms with Gasteiger partial charge in [0.05, 0.1) is 19.9 Å². The van der Waals surface area contributed by atoms with Crippen molar-refractivity contribution in [1.82, 2.24) is 35.6 Å². The monoisotopic (exact) mass is 455 g/mol. The van der Waals surface area contributed by atoms with Crippen molar-refractivity contribution in [2.24, 2.45) is 5.10 Å². The number of nitrogens with two attached hydrogens (primary N) is 1. The molecule has 4 rings (SSSR count). The topological polar surface area (TPSA) is 159 Å². The van der Waals surface area contributed by atoms with Crippen LogP contribution in [-0.4, -0.2) is 69.1 Å². The number of carbonyl (C=O) groups is 1. The van der Waals surface area contributed by atoms with Gasteiger partial charge in [-0.25, -0.2) is 10.1 Å². The Balaban J connectivity index is 1.61. The van der Waals surface area contributed by atoms with E-state index < -0.39 is 5.91 Å². The number of methoxy groups -OCH3 is 2. The molecule has 0 spiro atoms. The average Bonchev–Trinajstić information content (AvgIpc) is 3.58. The number of rotatable bonds is 8. The molecule has 0 radical (unpaired) electrons. The minimum atomic E-state index is -0.517. The Hall–Kier alpha value is -4.00. The number of amides is 1. The maximum atomic E-state index is 13.2. The van der Waals surface area contributed by atoms with Crippen LogP contribution in [0, 0.1) is 0 Å². The number of hydrogen-bond acceptors (Lipinski definition) is 11. The van der Waals surface area contributed by atoms with Gasteiger partial charge in [-0.05, 0) is 61.4 Å². The van der Waals surface area contributed by atoms with Crippen molar-refractivity contribution in [2.45, 2.75) is 26.3 Å². The summed E-state index contributed by atoms with van der Waals surface area (Å²) in [4.78, 5) is 15.4. The largest absolute Gasteiger partial charge is 0.493 e. The molecule has 174 valence electrons. The zero-order valence-corrected chi connectivity index (χ0v) is 18.6. The normalized spacial score (nSPS) is 14.5. The van der Waals surface area contributed by atoms with Crippen molar-refractivity contribution >= 4 is 17.4 Å². The van der Waals surface area contributed by atoms with Gasteiger partial charge in [0.1, 0.15) is 5.69 Å². The smallest absolute Gasteiger partial charge is 0.292 e. The lowest BCUT2D eigenvalue weighted by Crippen LogP contribution is -2.26. The van der Waals surface area contributed by atoms with Gasteiger partial charge >= 0.3 is 0 Å². The Kier molecular flexibility index (Phi) is 6.49. The third kappa shape index (κ3) is 4.62. The molecule has 13 nitrogen and oxygen atoms in total. The minimum absolute atomic E-state index is 0.00770. The highest BCUT2D eigenvalue weighted by Gasteiger charge is 2.27. The standard InChI is InChI=1S/C20H25N9O4/c1-12(13-6-7-15(31-2)16(10-13)32-3)22-24-20(30)17-14(11-28-8-4-5-9-28)23-27-29(17)19-18(21)25-33-26-19/h6-7,10H,4-5,8-9,11H2,1-3H3,(H2,21,25)(H,24,30)/b22-12+. The molecule has 3 N–H and O–H groups in total. The van der Waals surface area contributed by atoms with Crippen LogP contribution in [0.5, 0.6) is 11.5 Å². The van der Waals surface area contributed by atoms with E-state index in [1.165, 1.54) is 4.68 Å². The van der Waals surface area contributed by atoms with Crippen molar-refractivity contribution in [3.63, 3.8) is 0 Å². The summed E-state index contributed by atoms with van der Waals surface area (Å²) >= 11 is 0. The number of hydrogen-bond donors (Lipinski definition) is 2. The number of ether oxygens (including phenoxy) is 2. The Bertz CT molecular complexity index is 1160. The van der Waals surface area contributed by atoms with E-state index in [2.05, 4.69) is 40.7 Å². The van der Waals surface area contributed by atoms with Crippen molar-refractivity contribution in [2.75, 3.05) is 33.0 Å². The van der Waals surface area contributed by atoms with Crippen LogP contribution in [0.2, 0.25) is 0 Å². The van der Waals surface area contributed by atoms with Crippen molar-refractivity contribution in [1.29, 1.82) is 0 Å². The molecule has 1 fully saturated rings. The van der Waals surface area contributed by atoms with Gasteiger partial charge in [-0.3, -0.25) is 9.69 Å². The summed E-state index contributed by atoms with van der Waals surface area (Å²) in [7, 11) is 3.11.